The smallest absolute Gasteiger partial charge is 0.233 e. The lowest BCUT2D eigenvalue weighted by atomic mass is 10.1. The number of anilines is 1. The Kier molecular flexibility index (Phi) is 7.25. The van der Waals surface area contributed by atoms with Crippen molar-refractivity contribution in [2.24, 2.45) is 0 Å². The van der Waals surface area contributed by atoms with Gasteiger partial charge >= 0.3 is 0 Å². The van der Waals surface area contributed by atoms with Crippen molar-refractivity contribution in [2.45, 2.75) is 36.4 Å². The van der Waals surface area contributed by atoms with Gasteiger partial charge in [-0.1, -0.05) is 59.0 Å². The minimum atomic E-state index is -0.220. The molecule has 0 bridgehead atoms. The number of rotatable bonds is 9. The summed E-state index contributed by atoms with van der Waals surface area (Å²) < 4.78 is 0.798. The number of thiophene rings is 1. The minimum Gasteiger partial charge on any atom is -0.360 e. The van der Waals surface area contributed by atoms with Crippen molar-refractivity contribution in [1.29, 1.82) is 0 Å². The van der Waals surface area contributed by atoms with Crippen LogP contribution in [0.15, 0.2) is 46.1 Å². The SMILES string of the molecule is Cc1ccc(CNC(=O)[C@H](C)Sc2nnc(NCCc3cccs3)s2)cc1. The highest BCUT2D eigenvalue weighted by atomic mass is 32.2. The molecule has 0 radical (unpaired) electrons. The molecule has 1 atom stereocenters. The highest BCUT2D eigenvalue weighted by molar-refractivity contribution is 8.02. The summed E-state index contributed by atoms with van der Waals surface area (Å²) in [6.07, 6.45) is 0.970. The van der Waals surface area contributed by atoms with E-state index in [1.807, 2.05) is 31.2 Å². The van der Waals surface area contributed by atoms with Gasteiger partial charge in [0.1, 0.15) is 0 Å². The third-order valence-electron chi connectivity index (χ3n) is 3.87. The van der Waals surface area contributed by atoms with E-state index in [0.29, 0.717) is 6.54 Å². The van der Waals surface area contributed by atoms with Crippen molar-refractivity contribution in [1.82, 2.24) is 15.5 Å². The van der Waals surface area contributed by atoms with E-state index in [1.165, 1.54) is 33.5 Å². The van der Waals surface area contributed by atoms with Crippen LogP contribution >= 0.6 is 34.4 Å². The lowest BCUT2D eigenvalue weighted by Crippen LogP contribution is -2.30. The first kappa shape index (κ1) is 19.9. The van der Waals surface area contributed by atoms with Gasteiger partial charge in [-0.25, -0.2) is 0 Å². The lowest BCUT2D eigenvalue weighted by Gasteiger charge is -2.10. The molecule has 0 spiro atoms. The molecule has 2 N–H and O–H groups in total. The van der Waals surface area contributed by atoms with Gasteiger partial charge in [-0.2, -0.15) is 0 Å². The van der Waals surface area contributed by atoms with Gasteiger partial charge < -0.3 is 10.6 Å². The Hall–Kier alpha value is -1.90. The number of hydrogen-bond acceptors (Lipinski definition) is 7. The zero-order valence-corrected chi connectivity index (χ0v) is 17.7. The topological polar surface area (TPSA) is 66.9 Å². The number of carbonyl (C=O) groups is 1. The predicted octanol–water partition coefficient (Wildman–Crippen LogP) is 4.36. The standard InChI is InChI=1S/C19H22N4OS3/c1-13-5-7-15(8-6-13)12-21-17(24)14(2)26-19-23-22-18(27-19)20-10-9-16-4-3-11-25-16/h3-8,11,14H,9-10,12H2,1-2H3,(H,20,22)(H,21,24)/t14-/m0/s1. The van der Waals surface area contributed by atoms with E-state index in [0.717, 1.165) is 28.0 Å². The zero-order chi connectivity index (χ0) is 19.1. The third kappa shape index (κ3) is 6.34. The Balaban J connectivity index is 1.41. The molecule has 3 aromatic rings. The van der Waals surface area contributed by atoms with Crippen LogP contribution in [0.3, 0.4) is 0 Å². The number of hydrogen-bond donors (Lipinski definition) is 2. The number of benzene rings is 1. The maximum Gasteiger partial charge on any atom is 0.233 e. The number of aromatic nitrogens is 2. The van der Waals surface area contributed by atoms with Crippen LogP contribution in [0, 0.1) is 6.92 Å². The number of nitrogens with one attached hydrogen (secondary N) is 2. The van der Waals surface area contributed by atoms with Crippen molar-refractivity contribution >= 4 is 45.5 Å². The Morgan fingerprint density at radius 2 is 2.04 bits per heavy atom. The molecule has 8 heteroatoms. The fourth-order valence-corrected chi connectivity index (χ4v) is 4.97. The second-order valence-corrected chi connectivity index (χ2v) is 9.69. The van der Waals surface area contributed by atoms with Gasteiger partial charge in [-0.05, 0) is 37.3 Å². The summed E-state index contributed by atoms with van der Waals surface area (Å²) in [6.45, 7) is 5.30. The molecule has 0 saturated heterocycles. The molecule has 1 aromatic carbocycles. The summed E-state index contributed by atoms with van der Waals surface area (Å²) >= 11 is 4.68. The third-order valence-corrected chi connectivity index (χ3v) is 6.87. The molecule has 0 unspecified atom stereocenters. The van der Waals surface area contributed by atoms with E-state index in [1.54, 1.807) is 11.3 Å². The number of nitrogens with zero attached hydrogens (tertiary/aromatic N) is 2. The number of aryl methyl sites for hydroxylation is 1. The highest BCUT2D eigenvalue weighted by Gasteiger charge is 2.17. The van der Waals surface area contributed by atoms with Crippen molar-refractivity contribution in [3.63, 3.8) is 0 Å². The maximum absolute atomic E-state index is 12.3. The van der Waals surface area contributed by atoms with E-state index < -0.39 is 0 Å². The van der Waals surface area contributed by atoms with Crippen LogP contribution in [0.4, 0.5) is 5.13 Å². The summed E-state index contributed by atoms with van der Waals surface area (Å²) in [5.41, 5.74) is 2.31. The van der Waals surface area contributed by atoms with Crippen LogP contribution in [0.5, 0.6) is 0 Å². The Labute approximate surface area is 171 Å². The fourth-order valence-electron chi connectivity index (χ4n) is 2.32. The zero-order valence-electron chi connectivity index (χ0n) is 15.3. The van der Waals surface area contributed by atoms with Crippen LogP contribution in [0.1, 0.15) is 22.9 Å². The van der Waals surface area contributed by atoms with E-state index in [9.17, 15) is 4.79 Å². The second-order valence-electron chi connectivity index (χ2n) is 6.09. The molecule has 0 aliphatic rings. The average Bonchev–Trinajstić information content (AvgIpc) is 3.33. The van der Waals surface area contributed by atoms with Crippen molar-refractivity contribution in [2.75, 3.05) is 11.9 Å². The van der Waals surface area contributed by atoms with Gasteiger partial charge in [0.25, 0.3) is 0 Å². The predicted molar refractivity (Wildman–Crippen MR) is 115 cm³/mol. The van der Waals surface area contributed by atoms with E-state index in [-0.39, 0.29) is 11.2 Å². The van der Waals surface area contributed by atoms with E-state index >= 15 is 0 Å². The Morgan fingerprint density at radius 1 is 1.22 bits per heavy atom. The molecule has 1 amide bonds. The second kappa shape index (κ2) is 9.87. The number of carbonyl (C=O) groups excluding carboxylic acids is 1. The Morgan fingerprint density at radius 3 is 2.78 bits per heavy atom. The first-order chi connectivity index (χ1) is 13.1. The maximum atomic E-state index is 12.3. The molecule has 2 heterocycles. The van der Waals surface area contributed by atoms with Crippen molar-refractivity contribution < 1.29 is 4.79 Å². The van der Waals surface area contributed by atoms with Crippen molar-refractivity contribution in [3.05, 3.63) is 57.8 Å². The summed E-state index contributed by atoms with van der Waals surface area (Å²) in [6, 6.07) is 12.4. The van der Waals surface area contributed by atoms with E-state index in [4.69, 9.17) is 0 Å². The molecule has 2 aromatic heterocycles. The molecule has 0 saturated carbocycles. The summed E-state index contributed by atoms with van der Waals surface area (Å²) in [5.74, 6) is 0.00276. The van der Waals surface area contributed by atoms with Crippen LogP contribution in [0.2, 0.25) is 0 Å². The molecular weight excluding hydrogens is 396 g/mol. The van der Waals surface area contributed by atoms with Gasteiger partial charge in [0, 0.05) is 18.0 Å². The molecule has 5 nitrogen and oxygen atoms in total. The number of thioether (sulfide) groups is 1. The fraction of sp³-hybridized carbons (Fsp3) is 0.316. The number of amides is 1. The molecular formula is C19H22N4OS3. The molecule has 142 valence electrons. The molecule has 3 rings (SSSR count). The van der Waals surface area contributed by atoms with Gasteiger partial charge in [0.05, 0.1) is 5.25 Å². The van der Waals surface area contributed by atoms with Crippen LogP contribution in [-0.2, 0) is 17.8 Å². The van der Waals surface area contributed by atoms with E-state index in [2.05, 4.69) is 45.3 Å². The quantitative estimate of drug-likeness (QED) is 0.506. The molecule has 0 fully saturated rings. The van der Waals surface area contributed by atoms with Crippen LogP contribution in [0.25, 0.3) is 0 Å². The highest BCUT2D eigenvalue weighted by Crippen LogP contribution is 2.29. The monoisotopic (exact) mass is 418 g/mol. The van der Waals surface area contributed by atoms with Crippen LogP contribution in [-0.4, -0.2) is 27.9 Å². The minimum absolute atomic E-state index is 0.00276. The van der Waals surface area contributed by atoms with Gasteiger partial charge in [-0.3, -0.25) is 4.79 Å². The lowest BCUT2D eigenvalue weighted by molar-refractivity contribution is -0.120. The molecule has 0 aliphatic carbocycles. The van der Waals surface area contributed by atoms with Gasteiger partial charge in [0.2, 0.25) is 11.0 Å². The van der Waals surface area contributed by atoms with Gasteiger partial charge in [-0.15, -0.1) is 21.5 Å². The average molecular weight is 419 g/mol. The first-order valence-corrected chi connectivity index (χ1v) is 11.3. The Bertz CT molecular complexity index is 846. The summed E-state index contributed by atoms with van der Waals surface area (Å²) in [7, 11) is 0. The normalized spacial score (nSPS) is 11.9. The van der Waals surface area contributed by atoms with Crippen LogP contribution < -0.4 is 10.6 Å². The largest absolute Gasteiger partial charge is 0.360 e. The summed E-state index contributed by atoms with van der Waals surface area (Å²) in [4.78, 5) is 13.7. The molecule has 0 aliphatic heterocycles. The first-order valence-electron chi connectivity index (χ1n) is 8.70. The van der Waals surface area contributed by atoms with Crippen molar-refractivity contribution in [3.8, 4) is 0 Å². The van der Waals surface area contributed by atoms with Gasteiger partial charge in [0.15, 0.2) is 4.34 Å². The summed E-state index contributed by atoms with van der Waals surface area (Å²) in [5, 5.41) is 17.3. The molecule has 27 heavy (non-hydrogen) atoms.